The van der Waals surface area contributed by atoms with E-state index in [1.807, 2.05) is 30.3 Å². The van der Waals surface area contributed by atoms with E-state index in [4.69, 9.17) is 4.74 Å². The number of para-hydroxylation sites is 2. The zero-order valence-electron chi connectivity index (χ0n) is 10.8. The van der Waals surface area contributed by atoms with Crippen LogP contribution < -0.4 is 9.64 Å². The van der Waals surface area contributed by atoms with E-state index in [9.17, 15) is 9.90 Å². The highest BCUT2D eigenvalue weighted by molar-refractivity contribution is 6.07. The number of carbonyl (C=O) groups is 1. The molecule has 4 heteroatoms. The van der Waals surface area contributed by atoms with Crippen LogP contribution in [0.2, 0.25) is 0 Å². The molecule has 0 radical (unpaired) electrons. The minimum Gasteiger partial charge on any atom is -0.504 e. The number of amides is 1. The lowest BCUT2D eigenvalue weighted by Crippen LogP contribution is -2.26. The highest BCUT2D eigenvalue weighted by atomic mass is 16.5. The summed E-state index contributed by atoms with van der Waals surface area (Å²) in [6.45, 7) is 0. The first-order chi connectivity index (χ1) is 9.15. The smallest absolute Gasteiger partial charge is 0.261 e. The Morgan fingerprint density at radius 1 is 1.11 bits per heavy atom. The van der Waals surface area contributed by atoms with Gasteiger partial charge in [0.2, 0.25) is 0 Å². The molecule has 2 aromatic rings. The summed E-state index contributed by atoms with van der Waals surface area (Å²) in [5, 5.41) is 9.98. The third-order valence-corrected chi connectivity index (χ3v) is 2.90. The largest absolute Gasteiger partial charge is 0.504 e. The zero-order chi connectivity index (χ0) is 13.8. The van der Waals surface area contributed by atoms with Crippen molar-refractivity contribution < 1.29 is 14.6 Å². The lowest BCUT2D eigenvalue weighted by Gasteiger charge is -2.18. The number of rotatable bonds is 3. The van der Waals surface area contributed by atoms with Crippen molar-refractivity contribution in [3.05, 3.63) is 54.1 Å². The molecule has 1 amide bonds. The normalized spacial score (nSPS) is 10.0. The van der Waals surface area contributed by atoms with E-state index in [0.29, 0.717) is 0 Å². The molecule has 0 aliphatic heterocycles. The monoisotopic (exact) mass is 257 g/mol. The molecule has 0 saturated carbocycles. The van der Waals surface area contributed by atoms with Crippen molar-refractivity contribution in [2.45, 2.75) is 0 Å². The molecule has 0 aliphatic carbocycles. The van der Waals surface area contributed by atoms with Crippen molar-refractivity contribution in [1.29, 1.82) is 0 Å². The summed E-state index contributed by atoms with van der Waals surface area (Å²) >= 11 is 0. The van der Waals surface area contributed by atoms with Crippen LogP contribution >= 0.6 is 0 Å². The van der Waals surface area contributed by atoms with Gasteiger partial charge in [0.05, 0.1) is 12.7 Å². The van der Waals surface area contributed by atoms with Crippen LogP contribution in [0.3, 0.4) is 0 Å². The van der Waals surface area contributed by atoms with Gasteiger partial charge in [0.25, 0.3) is 5.91 Å². The quantitative estimate of drug-likeness (QED) is 0.919. The maximum absolute atomic E-state index is 12.3. The van der Waals surface area contributed by atoms with Crippen molar-refractivity contribution >= 4 is 11.6 Å². The maximum Gasteiger partial charge on any atom is 0.261 e. The number of phenolic OH excluding ortho intramolecular Hbond substituents is 1. The molecule has 98 valence electrons. The molecule has 2 rings (SSSR count). The molecule has 0 saturated heterocycles. The lowest BCUT2D eigenvalue weighted by molar-refractivity contribution is 0.0990. The van der Waals surface area contributed by atoms with Crippen molar-refractivity contribution in [3.63, 3.8) is 0 Å². The van der Waals surface area contributed by atoms with E-state index < -0.39 is 0 Å². The van der Waals surface area contributed by atoms with Gasteiger partial charge >= 0.3 is 0 Å². The number of benzene rings is 2. The van der Waals surface area contributed by atoms with Crippen molar-refractivity contribution in [3.8, 4) is 11.5 Å². The summed E-state index contributed by atoms with van der Waals surface area (Å²) < 4.78 is 5.00. The predicted molar refractivity (Wildman–Crippen MR) is 73.8 cm³/mol. The molecule has 4 nitrogen and oxygen atoms in total. The first-order valence-electron chi connectivity index (χ1n) is 5.84. The van der Waals surface area contributed by atoms with Crippen LogP contribution in [0.5, 0.6) is 11.5 Å². The van der Waals surface area contributed by atoms with Gasteiger partial charge in [-0.2, -0.15) is 0 Å². The summed E-state index contributed by atoms with van der Waals surface area (Å²) in [5.41, 5.74) is 0.973. The van der Waals surface area contributed by atoms with E-state index in [-0.39, 0.29) is 23.0 Å². The van der Waals surface area contributed by atoms with Gasteiger partial charge in [0.1, 0.15) is 0 Å². The van der Waals surface area contributed by atoms with Crippen molar-refractivity contribution in [1.82, 2.24) is 0 Å². The summed E-state index contributed by atoms with van der Waals surface area (Å²) in [4.78, 5) is 13.8. The Morgan fingerprint density at radius 2 is 1.79 bits per heavy atom. The fraction of sp³-hybridized carbons (Fsp3) is 0.133. The highest BCUT2D eigenvalue weighted by Crippen LogP contribution is 2.30. The molecular formula is C15H15NO3. The van der Waals surface area contributed by atoms with E-state index in [1.54, 1.807) is 25.2 Å². The van der Waals surface area contributed by atoms with Gasteiger partial charge in [-0.1, -0.05) is 24.3 Å². The Kier molecular flexibility index (Phi) is 3.71. The van der Waals surface area contributed by atoms with Gasteiger partial charge in [0.15, 0.2) is 11.5 Å². The molecule has 0 atom stereocenters. The Bertz CT molecular complexity index is 581. The molecule has 0 aliphatic rings. The maximum atomic E-state index is 12.3. The summed E-state index contributed by atoms with van der Waals surface area (Å²) in [6.07, 6.45) is 0. The van der Waals surface area contributed by atoms with E-state index >= 15 is 0 Å². The molecule has 19 heavy (non-hydrogen) atoms. The molecule has 1 N–H and O–H groups in total. The van der Waals surface area contributed by atoms with Crippen molar-refractivity contribution in [2.75, 3.05) is 19.1 Å². The van der Waals surface area contributed by atoms with Crippen LogP contribution in [0.1, 0.15) is 10.4 Å². The average Bonchev–Trinajstić information content (AvgIpc) is 2.47. The first-order valence-corrected chi connectivity index (χ1v) is 5.84. The summed E-state index contributed by atoms with van der Waals surface area (Å²) in [7, 11) is 3.11. The number of ether oxygens (including phenoxy) is 1. The van der Waals surface area contributed by atoms with Crippen LogP contribution in [0.15, 0.2) is 48.5 Å². The highest BCUT2D eigenvalue weighted by Gasteiger charge is 2.19. The fourth-order valence-corrected chi connectivity index (χ4v) is 1.81. The number of hydrogen-bond acceptors (Lipinski definition) is 3. The number of anilines is 1. The van der Waals surface area contributed by atoms with Crippen LogP contribution in [-0.4, -0.2) is 25.2 Å². The number of methoxy groups -OCH3 is 1. The van der Waals surface area contributed by atoms with E-state index in [2.05, 4.69) is 0 Å². The number of carbonyl (C=O) groups excluding carboxylic acids is 1. The molecule has 0 heterocycles. The first kappa shape index (κ1) is 13.0. The second kappa shape index (κ2) is 5.44. The molecule has 0 bridgehead atoms. The minimum atomic E-state index is -0.289. The Labute approximate surface area is 111 Å². The summed E-state index contributed by atoms with van der Waals surface area (Å²) in [5.74, 6) is -0.146. The molecule has 0 aromatic heterocycles. The SMILES string of the molecule is COc1cccc(C(=O)N(C)c2ccccc2)c1O. The third-order valence-electron chi connectivity index (χ3n) is 2.90. The molecule has 2 aromatic carbocycles. The van der Waals surface area contributed by atoms with Crippen LogP contribution in [0, 0.1) is 0 Å². The van der Waals surface area contributed by atoms with Gasteiger partial charge in [-0.25, -0.2) is 0 Å². The van der Waals surface area contributed by atoms with Crippen LogP contribution in [0.25, 0.3) is 0 Å². The number of hydrogen-bond donors (Lipinski definition) is 1. The second-order valence-electron chi connectivity index (χ2n) is 4.06. The lowest BCUT2D eigenvalue weighted by atomic mass is 10.1. The van der Waals surface area contributed by atoms with Gasteiger partial charge < -0.3 is 14.7 Å². The van der Waals surface area contributed by atoms with Crippen molar-refractivity contribution in [2.24, 2.45) is 0 Å². The summed E-state index contributed by atoms with van der Waals surface area (Å²) in [6, 6.07) is 14.1. The van der Waals surface area contributed by atoms with Gasteiger partial charge in [0, 0.05) is 12.7 Å². The Balaban J connectivity index is 2.35. The molecule has 0 fully saturated rings. The minimum absolute atomic E-state index is 0.141. The number of phenols is 1. The Hall–Kier alpha value is -2.49. The molecule has 0 spiro atoms. The third kappa shape index (κ3) is 2.52. The number of aromatic hydroxyl groups is 1. The van der Waals surface area contributed by atoms with E-state index in [1.165, 1.54) is 12.0 Å². The Morgan fingerprint density at radius 3 is 2.42 bits per heavy atom. The molecular weight excluding hydrogens is 242 g/mol. The molecule has 0 unspecified atom stereocenters. The fourth-order valence-electron chi connectivity index (χ4n) is 1.81. The zero-order valence-corrected chi connectivity index (χ0v) is 10.8. The predicted octanol–water partition coefficient (Wildman–Crippen LogP) is 2.68. The van der Waals surface area contributed by atoms with Gasteiger partial charge in [-0.05, 0) is 24.3 Å². The van der Waals surface area contributed by atoms with Crippen LogP contribution in [0.4, 0.5) is 5.69 Å². The van der Waals surface area contributed by atoms with Gasteiger partial charge in [-0.3, -0.25) is 4.79 Å². The average molecular weight is 257 g/mol. The standard InChI is InChI=1S/C15H15NO3/c1-16(11-7-4-3-5-8-11)15(18)12-9-6-10-13(19-2)14(12)17/h3-10,17H,1-2H3. The van der Waals surface area contributed by atoms with E-state index in [0.717, 1.165) is 5.69 Å². The topological polar surface area (TPSA) is 49.8 Å². The number of nitrogens with zero attached hydrogens (tertiary/aromatic N) is 1. The van der Waals surface area contributed by atoms with Crippen LogP contribution in [-0.2, 0) is 0 Å². The second-order valence-corrected chi connectivity index (χ2v) is 4.06. The van der Waals surface area contributed by atoms with Gasteiger partial charge in [-0.15, -0.1) is 0 Å².